The van der Waals surface area contributed by atoms with Gasteiger partial charge in [0, 0.05) is 32.2 Å². The van der Waals surface area contributed by atoms with Gasteiger partial charge in [-0.05, 0) is 42.7 Å². The molecule has 0 aliphatic carbocycles. The van der Waals surface area contributed by atoms with Gasteiger partial charge in [-0.1, -0.05) is 12.1 Å². The number of hydrogen-bond donors (Lipinski definition) is 2. The third-order valence-electron chi connectivity index (χ3n) is 4.88. The van der Waals surface area contributed by atoms with E-state index in [-0.39, 0.29) is 29.6 Å². The highest BCUT2D eigenvalue weighted by atomic mass is 32.2. The maximum atomic E-state index is 12.9. The molecule has 0 radical (unpaired) electrons. The number of aliphatic hydroxyl groups is 1. The number of hydrogen-bond acceptors (Lipinski definition) is 7. The van der Waals surface area contributed by atoms with E-state index in [2.05, 4.69) is 5.32 Å². The van der Waals surface area contributed by atoms with Crippen LogP contribution in [0.5, 0.6) is 5.75 Å². The zero-order valence-corrected chi connectivity index (χ0v) is 17.6. The summed E-state index contributed by atoms with van der Waals surface area (Å²) in [5.74, 6) is -0.457. The molecule has 2 aromatic rings. The van der Waals surface area contributed by atoms with E-state index in [1.807, 2.05) is 0 Å². The van der Waals surface area contributed by atoms with Gasteiger partial charge in [0.1, 0.15) is 18.5 Å². The Bertz CT molecular complexity index is 1010. The molecule has 31 heavy (non-hydrogen) atoms. The summed E-state index contributed by atoms with van der Waals surface area (Å²) in [7, 11) is -3.79. The van der Waals surface area contributed by atoms with Crippen molar-refractivity contribution in [2.75, 3.05) is 26.2 Å². The Kier molecular flexibility index (Phi) is 7.55. The van der Waals surface area contributed by atoms with E-state index in [0.29, 0.717) is 19.6 Å². The van der Waals surface area contributed by atoms with Crippen LogP contribution in [-0.4, -0.2) is 55.1 Å². The molecule has 1 atom stereocenters. The Morgan fingerprint density at radius 2 is 1.87 bits per heavy atom. The standard InChI is InChI=1S/C20H24FN3O6S/c21-16-5-3-15(4-6-16)12-22-13-17(25)14-30-20-8-7-18(11-19(20)24(26)27)31(28,29)23-9-1-2-10-23/h3-8,11,17,22,25H,1-2,9-10,12-14H2/t17-/m1/s1. The van der Waals surface area contributed by atoms with Gasteiger partial charge < -0.3 is 15.2 Å². The first-order chi connectivity index (χ1) is 14.8. The Morgan fingerprint density at radius 1 is 1.19 bits per heavy atom. The van der Waals surface area contributed by atoms with E-state index in [9.17, 15) is 28.0 Å². The average Bonchev–Trinajstić information content (AvgIpc) is 3.29. The second-order valence-electron chi connectivity index (χ2n) is 7.22. The number of halogens is 1. The second-order valence-corrected chi connectivity index (χ2v) is 9.16. The van der Waals surface area contributed by atoms with Crippen LogP contribution in [0.4, 0.5) is 10.1 Å². The summed E-state index contributed by atoms with van der Waals surface area (Å²) in [6, 6.07) is 9.41. The molecule has 2 aromatic carbocycles. The molecule has 2 N–H and O–H groups in total. The molecular weight excluding hydrogens is 429 g/mol. The minimum Gasteiger partial charge on any atom is -0.484 e. The first kappa shape index (κ1) is 23.1. The molecule has 0 unspecified atom stereocenters. The van der Waals surface area contributed by atoms with Crippen LogP contribution in [0.2, 0.25) is 0 Å². The molecule has 1 heterocycles. The first-order valence-corrected chi connectivity index (χ1v) is 11.3. The van der Waals surface area contributed by atoms with E-state index in [0.717, 1.165) is 24.5 Å². The molecule has 0 bridgehead atoms. The molecule has 3 rings (SSSR count). The summed E-state index contributed by atoms with van der Waals surface area (Å²) >= 11 is 0. The number of aliphatic hydroxyl groups excluding tert-OH is 1. The fraction of sp³-hybridized carbons (Fsp3) is 0.400. The minimum absolute atomic E-state index is 0.122. The monoisotopic (exact) mass is 453 g/mol. The van der Waals surface area contributed by atoms with Crippen LogP contribution in [-0.2, 0) is 16.6 Å². The van der Waals surface area contributed by atoms with Crippen molar-refractivity contribution in [3.05, 3.63) is 64.0 Å². The summed E-state index contributed by atoms with van der Waals surface area (Å²) in [6.45, 7) is 1.11. The van der Waals surface area contributed by atoms with Gasteiger partial charge >= 0.3 is 5.69 Å². The first-order valence-electron chi connectivity index (χ1n) is 9.82. The lowest BCUT2D eigenvalue weighted by Crippen LogP contribution is -2.31. The predicted molar refractivity (Wildman–Crippen MR) is 111 cm³/mol. The fourth-order valence-corrected chi connectivity index (χ4v) is 4.77. The summed E-state index contributed by atoms with van der Waals surface area (Å²) in [6.07, 6.45) is 0.554. The molecule has 11 heteroatoms. The molecule has 0 saturated carbocycles. The van der Waals surface area contributed by atoms with Gasteiger partial charge in [-0.3, -0.25) is 10.1 Å². The summed E-state index contributed by atoms with van der Waals surface area (Å²) in [5, 5.41) is 24.5. The second kappa shape index (κ2) is 10.1. The van der Waals surface area contributed by atoms with Gasteiger partial charge in [0.2, 0.25) is 10.0 Å². The number of benzene rings is 2. The van der Waals surface area contributed by atoms with Gasteiger partial charge in [-0.2, -0.15) is 4.31 Å². The lowest BCUT2D eigenvalue weighted by Gasteiger charge is -2.16. The number of sulfonamides is 1. The molecule has 1 aliphatic heterocycles. The van der Waals surface area contributed by atoms with Crippen molar-refractivity contribution in [3.8, 4) is 5.75 Å². The lowest BCUT2D eigenvalue weighted by atomic mass is 10.2. The minimum atomic E-state index is -3.79. The van der Waals surface area contributed by atoms with Crippen LogP contribution in [0.1, 0.15) is 18.4 Å². The van der Waals surface area contributed by atoms with Gasteiger partial charge in [0.25, 0.3) is 0 Å². The van der Waals surface area contributed by atoms with Crippen LogP contribution in [0.25, 0.3) is 0 Å². The normalized spacial score (nSPS) is 15.7. The molecule has 1 aliphatic rings. The quantitative estimate of drug-likeness (QED) is 0.417. The highest BCUT2D eigenvalue weighted by Crippen LogP contribution is 2.31. The van der Waals surface area contributed by atoms with E-state index in [1.54, 1.807) is 12.1 Å². The van der Waals surface area contributed by atoms with Crippen molar-refractivity contribution < 1.29 is 27.6 Å². The van der Waals surface area contributed by atoms with Crippen LogP contribution >= 0.6 is 0 Å². The Morgan fingerprint density at radius 3 is 2.52 bits per heavy atom. The fourth-order valence-electron chi connectivity index (χ4n) is 3.23. The molecule has 1 saturated heterocycles. The van der Waals surface area contributed by atoms with Gasteiger partial charge in [0.05, 0.1) is 9.82 Å². The average molecular weight is 453 g/mol. The maximum Gasteiger partial charge on any atom is 0.312 e. The Balaban J connectivity index is 1.59. The maximum absolute atomic E-state index is 12.9. The summed E-state index contributed by atoms with van der Waals surface area (Å²) in [4.78, 5) is 10.6. The molecule has 0 aromatic heterocycles. The number of nitrogens with zero attached hydrogens (tertiary/aromatic N) is 2. The van der Waals surface area contributed by atoms with Crippen molar-refractivity contribution in [2.24, 2.45) is 0 Å². The highest BCUT2D eigenvalue weighted by molar-refractivity contribution is 7.89. The van der Waals surface area contributed by atoms with Crippen LogP contribution in [0.3, 0.4) is 0 Å². The van der Waals surface area contributed by atoms with Crippen molar-refractivity contribution in [2.45, 2.75) is 30.4 Å². The van der Waals surface area contributed by atoms with E-state index < -0.39 is 26.7 Å². The number of nitro groups is 1. The van der Waals surface area contributed by atoms with Crippen LogP contribution < -0.4 is 10.1 Å². The van der Waals surface area contributed by atoms with E-state index >= 15 is 0 Å². The molecule has 0 spiro atoms. The van der Waals surface area contributed by atoms with Gasteiger partial charge in [0.15, 0.2) is 5.75 Å². The van der Waals surface area contributed by atoms with E-state index in [1.165, 1.54) is 28.6 Å². The topological polar surface area (TPSA) is 122 Å². The third-order valence-corrected chi connectivity index (χ3v) is 6.78. The van der Waals surface area contributed by atoms with Crippen LogP contribution in [0.15, 0.2) is 47.4 Å². The molecule has 1 fully saturated rings. The summed E-state index contributed by atoms with van der Waals surface area (Å²) in [5.41, 5.74) is 0.353. The Labute approximate surface area is 179 Å². The van der Waals surface area contributed by atoms with Gasteiger partial charge in [-0.25, -0.2) is 12.8 Å². The third kappa shape index (κ3) is 5.97. The molecular formula is C20H24FN3O6S. The van der Waals surface area contributed by atoms with Gasteiger partial charge in [-0.15, -0.1) is 0 Å². The zero-order chi connectivity index (χ0) is 22.4. The number of rotatable bonds is 10. The van der Waals surface area contributed by atoms with Crippen molar-refractivity contribution in [1.29, 1.82) is 0 Å². The Hall–Kier alpha value is -2.60. The number of nitrogens with one attached hydrogen (secondary N) is 1. The number of nitro benzene ring substituents is 1. The van der Waals surface area contributed by atoms with Crippen molar-refractivity contribution in [1.82, 2.24) is 9.62 Å². The lowest BCUT2D eigenvalue weighted by molar-refractivity contribution is -0.386. The SMILES string of the molecule is O=[N+]([O-])c1cc(S(=O)(=O)N2CCCC2)ccc1OC[C@H](O)CNCc1ccc(F)cc1. The largest absolute Gasteiger partial charge is 0.484 e. The van der Waals surface area contributed by atoms with Crippen molar-refractivity contribution in [3.63, 3.8) is 0 Å². The summed E-state index contributed by atoms with van der Waals surface area (Å²) < 4.78 is 44.9. The molecule has 0 amide bonds. The van der Waals surface area contributed by atoms with E-state index in [4.69, 9.17) is 4.74 Å². The number of ether oxygens (including phenoxy) is 1. The smallest absolute Gasteiger partial charge is 0.312 e. The predicted octanol–water partition coefficient (Wildman–Crippen LogP) is 2.05. The highest BCUT2D eigenvalue weighted by Gasteiger charge is 2.30. The zero-order valence-electron chi connectivity index (χ0n) is 16.7. The molecule has 9 nitrogen and oxygen atoms in total. The molecule has 168 valence electrons. The van der Waals surface area contributed by atoms with Crippen molar-refractivity contribution >= 4 is 15.7 Å². The van der Waals surface area contributed by atoms with Crippen LogP contribution in [0, 0.1) is 15.9 Å².